The second-order valence-corrected chi connectivity index (χ2v) is 8.84. The molecule has 0 saturated heterocycles. The van der Waals surface area contributed by atoms with E-state index in [1.165, 1.54) is 4.90 Å². The maximum absolute atomic E-state index is 12.2. The van der Waals surface area contributed by atoms with Gasteiger partial charge in [-0.3, -0.25) is 0 Å². The van der Waals surface area contributed by atoms with Gasteiger partial charge in [-0.15, -0.1) is 16.5 Å². The van der Waals surface area contributed by atoms with Gasteiger partial charge in [0.2, 0.25) is 0 Å². The molecule has 1 aromatic rings. The lowest BCUT2D eigenvalue weighted by Gasteiger charge is -2.28. The molecule has 0 saturated carbocycles. The summed E-state index contributed by atoms with van der Waals surface area (Å²) in [6, 6.07) is 8.31. The number of methoxy groups -OCH3 is 1. The van der Waals surface area contributed by atoms with Crippen molar-refractivity contribution in [1.82, 2.24) is 4.72 Å². The maximum atomic E-state index is 12.2. The number of thioether (sulfide) groups is 1. The first-order valence-corrected chi connectivity index (χ1v) is 8.91. The zero-order chi connectivity index (χ0) is 15.2. The minimum Gasteiger partial charge on any atom is -0.598 e. The molecular weight excluding hydrogens is 290 g/mol. The average Bonchev–Trinajstić information content (AvgIpc) is 2.38. The Kier molecular flexibility index (Phi) is 7.40. The molecule has 1 aromatic carbocycles. The lowest BCUT2D eigenvalue weighted by Crippen LogP contribution is -2.42. The van der Waals surface area contributed by atoms with Crippen LogP contribution in [0.3, 0.4) is 0 Å². The summed E-state index contributed by atoms with van der Waals surface area (Å²) in [5.41, 5.74) is 1.10. The molecule has 0 spiro atoms. The summed E-state index contributed by atoms with van der Waals surface area (Å²) in [5.74, 6) is 1.06. The Hall–Kier alpha value is -0.200. The van der Waals surface area contributed by atoms with E-state index < -0.39 is 11.4 Å². The van der Waals surface area contributed by atoms with Gasteiger partial charge in [-0.05, 0) is 44.2 Å². The Morgan fingerprint density at radius 2 is 1.90 bits per heavy atom. The lowest BCUT2D eigenvalue weighted by molar-refractivity contribution is 0.175. The summed E-state index contributed by atoms with van der Waals surface area (Å²) < 4.78 is 20.4. The fraction of sp³-hybridized carbons (Fsp3) is 0.600. The summed E-state index contributed by atoms with van der Waals surface area (Å²) in [5, 5.41) is 0. The van der Waals surface area contributed by atoms with Crippen molar-refractivity contribution in [2.24, 2.45) is 0 Å². The van der Waals surface area contributed by atoms with Crippen LogP contribution in [0.4, 0.5) is 0 Å². The number of nitrogens with one attached hydrogen (secondary N) is 1. The van der Waals surface area contributed by atoms with Crippen LogP contribution in [-0.4, -0.2) is 28.8 Å². The smallest absolute Gasteiger partial charge is 0.136 e. The highest BCUT2D eigenvalue weighted by Gasteiger charge is 2.29. The molecular formula is C15H25NO2S2. The fourth-order valence-corrected chi connectivity index (χ4v) is 3.11. The third kappa shape index (κ3) is 5.66. The minimum absolute atomic E-state index is 0.0549. The molecule has 0 bridgehead atoms. The van der Waals surface area contributed by atoms with Crippen molar-refractivity contribution in [2.45, 2.75) is 43.4 Å². The molecule has 0 heterocycles. The Morgan fingerprint density at radius 1 is 1.30 bits per heavy atom. The molecule has 1 N–H and O–H groups in total. The van der Waals surface area contributed by atoms with Gasteiger partial charge in [0.1, 0.15) is 10.8 Å². The first-order valence-electron chi connectivity index (χ1n) is 6.78. The molecule has 20 heavy (non-hydrogen) atoms. The molecule has 2 atom stereocenters. The Morgan fingerprint density at radius 3 is 2.35 bits per heavy atom. The fourth-order valence-electron chi connectivity index (χ4n) is 1.63. The number of rotatable bonds is 7. The predicted molar refractivity (Wildman–Crippen MR) is 88.5 cm³/mol. The van der Waals surface area contributed by atoms with Crippen molar-refractivity contribution >= 4 is 23.1 Å². The highest BCUT2D eigenvalue weighted by Crippen LogP contribution is 2.23. The van der Waals surface area contributed by atoms with Gasteiger partial charge in [-0.25, -0.2) is 0 Å². The maximum Gasteiger partial charge on any atom is 0.136 e. The van der Waals surface area contributed by atoms with Gasteiger partial charge in [0.15, 0.2) is 0 Å². The Bertz CT molecular complexity index is 390. The molecule has 0 radical (unpaired) electrons. The van der Waals surface area contributed by atoms with Crippen molar-refractivity contribution < 1.29 is 9.29 Å². The number of hydrogen-bond acceptors (Lipinski definition) is 4. The van der Waals surface area contributed by atoms with E-state index in [1.54, 1.807) is 7.11 Å². The Labute approximate surface area is 130 Å². The van der Waals surface area contributed by atoms with E-state index >= 15 is 0 Å². The SMILES string of the molecule is CCSc1ccc(C(COC)N[S+]([O-])C(C)(C)C)cc1. The van der Waals surface area contributed by atoms with Crippen molar-refractivity contribution in [3.05, 3.63) is 29.8 Å². The van der Waals surface area contributed by atoms with Crippen molar-refractivity contribution in [3.63, 3.8) is 0 Å². The second kappa shape index (κ2) is 8.29. The summed E-state index contributed by atoms with van der Waals surface area (Å²) in [6.07, 6.45) is 0. The van der Waals surface area contributed by atoms with E-state index in [-0.39, 0.29) is 10.8 Å². The first-order chi connectivity index (χ1) is 9.38. The van der Waals surface area contributed by atoms with Gasteiger partial charge in [0, 0.05) is 23.4 Å². The van der Waals surface area contributed by atoms with Crippen LogP contribution < -0.4 is 4.72 Å². The van der Waals surface area contributed by atoms with Gasteiger partial charge in [-0.1, -0.05) is 19.1 Å². The molecule has 2 unspecified atom stereocenters. The molecule has 0 amide bonds. The number of benzene rings is 1. The van der Waals surface area contributed by atoms with Crippen LogP contribution in [0.2, 0.25) is 0 Å². The van der Waals surface area contributed by atoms with Crippen LogP contribution in [-0.2, 0) is 16.1 Å². The molecule has 5 heteroatoms. The number of ether oxygens (including phenoxy) is 1. The molecule has 0 aliphatic heterocycles. The third-order valence-electron chi connectivity index (χ3n) is 2.73. The summed E-state index contributed by atoms with van der Waals surface area (Å²) in [4.78, 5) is 1.25. The highest BCUT2D eigenvalue weighted by molar-refractivity contribution is 7.99. The molecule has 3 nitrogen and oxygen atoms in total. The van der Waals surface area contributed by atoms with E-state index in [0.717, 1.165) is 11.3 Å². The van der Waals surface area contributed by atoms with Gasteiger partial charge in [0.25, 0.3) is 0 Å². The van der Waals surface area contributed by atoms with Crippen LogP contribution in [0, 0.1) is 0 Å². The lowest BCUT2D eigenvalue weighted by atomic mass is 10.1. The van der Waals surface area contributed by atoms with Crippen molar-refractivity contribution in [3.8, 4) is 0 Å². The first kappa shape index (κ1) is 17.9. The second-order valence-electron chi connectivity index (χ2n) is 5.51. The standard InChI is InChI=1S/C15H25NO2S2/c1-6-19-13-9-7-12(8-10-13)14(11-18-5)16-20(17)15(2,3)4/h7-10,14,16H,6,11H2,1-5H3. The zero-order valence-corrected chi connectivity index (χ0v) is 14.6. The molecule has 0 fully saturated rings. The monoisotopic (exact) mass is 315 g/mol. The van der Waals surface area contributed by atoms with Crippen molar-refractivity contribution in [2.75, 3.05) is 19.5 Å². The van der Waals surface area contributed by atoms with Crippen LogP contribution in [0.1, 0.15) is 39.3 Å². The molecule has 114 valence electrons. The predicted octanol–water partition coefficient (Wildman–Crippen LogP) is 3.54. The molecule has 0 aromatic heterocycles. The minimum atomic E-state index is -1.11. The number of hydrogen-bond donors (Lipinski definition) is 1. The normalized spacial score (nSPS) is 15.1. The van der Waals surface area contributed by atoms with Gasteiger partial charge < -0.3 is 9.29 Å². The van der Waals surface area contributed by atoms with Gasteiger partial charge in [0.05, 0.1) is 6.61 Å². The van der Waals surface area contributed by atoms with Gasteiger partial charge in [-0.2, -0.15) is 0 Å². The van der Waals surface area contributed by atoms with Crippen LogP contribution in [0.5, 0.6) is 0 Å². The van der Waals surface area contributed by atoms with E-state index in [0.29, 0.717) is 6.61 Å². The average molecular weight is 316 g/mol. The molecule has 1 rings (SSSR count). The highest BCUT2D eigenvalue weighted by atomic mass is 32.2. The quantitative estimate of drug-likeness (QED) is 0.617. The Balaban J connectivity index is 2.79. The summed E-state index contributed by atoms with van der Waals surface area (Å²) in [6.45, 7) is 8.52. The van der Waals surface area contributed by atoms with E-state index in [9.17, 15) is 4.55 Å². The topological polar surface area (TPSA) is 44.3 Å². The van der Waals surface area contributed by atoms with Crippen LogP contribution in [0.25, 0.3) is 0 Å². The molecule has 0 aliphatic rings. The summed E-state index contributed by atoms with van der Waals surface area (Å²) >= 11 is 0.702. The third-order valence-corrected chi connectivity index (χ3v) is 5.24. The van der Waals surface area contributed by atoms with E-state index in [1.807, 2.05) is 32.5 Å². The van der Waals surface area contributed by atoms with Crippen LogP contribution in [0.15, 0.2) is 29.2 Å². The summed E-state index contributed by atoms with van der Waals surface area (Å²) in [7, 11) is 1.66. The van der Waals surface area contributed by atoms with E-state index in [2.05, 4.69) is 35.9 Å². The largest absolute Gasteiger partial charge is 0.598 e. The van der Waals surface area contributed by atoms with Crippen LogP contribution >= 0.6 is 11.8 Å². The van der Waals surface area contributed by atoms with E-state index in [4.69, 9.17) is 4.74 Å². The van der Waals surface area contributed by atoms with Gasteiger partial charge >= 0.3 is 0 Å². The van der Waals surface area contributed by atoms with Crippen molar-refractivity contribution in [1.29, 1.82) is 0 Å². The molecule has 0 aliphatic carbocycles. The zero-order valence-electron chi connectivity index (χ0n) is 12.9.